The molecule has 1 aliphatic rings. The monoisotopic (exact) mass is 812 g/mol. The minimum atomic E-state index is -5.45. The molecule has 0 spiro atoms. The highest BCUT2D eigenvalue weighted by molar-refractivity contribution is 7.70. The molecule has 302 valence electrons. The molecule has 2 heterocycles. The summed E-state index contributed by atoms with van der Waals surface area (Å²) in [5.41, 5.74) is 3.42. The molecule has 0 fully saturated rings. The summed E-state index contributed by atoms with van der Waals surface area (Å²) in [7, 11) is -9.93. The normalized spacial score (nSPS) is 15.8. The lowest BCUT2D eigenvalue weighted by Crippen LogP contribution is -2.51. The molecular weight excluding hydrogens is 763 g/mol. The highest BCUT2D eigenvalue weighted by atomic mass is 31.2. The number of Topliss-reactive ketones (excluding diaryl/α,β-unsaturated/α-hetero) is 2. The Bertz CT molecular complexity index is 1890. The van der Waals surface area contributed by atoms with Crippen molar-refractivity contribution in [1.82, 2.24) is 10.3 Å². The maximum atomic E-state index is 14.0. The topological polar surface area (TPSA) is 233 Å². The smallest absolute Gasteiger partial charge is 0.481 e. The summed E-state index contributed by atoms with van der Waals surface area (Å²) in [4.78, 5) is 97.0. The van der Waals surface area contributed by atoms with Crippen LogP contribution in [0.4, 0.5) is 5.69 Å². The van der Waals surface area contributed by atoms with Crippen LogP contribution < -0.4 is 15.1 Å². The van der Waals surface area contributed by atoms with E-state index in [1.165, 1.54) is 4.90 Å². The zero-order chi connectivity index (χ0) is 41.0. The van der Waals surface area contributed by atoms with E-state index >= 15 is 0 Å². The average molecular weight is 813 g/mol. The van der Waals surface area contributed by atoms with E-state index in [4.69, 9.17) is 14.2 Å². The first kappa shape index (κ1) is 44.9. The van der Waals surface area contributed by atoms with Gasteiger partial charge in [0.15, 0.2) is 5.78 Å². The van der Waals surface area contributed by atoms with Crippen LogP contribution in [-0.2, 0) is 52.5 Å². The summed E-state index contributed by atoms with van der Waals surface area (Å²) < 4.78 is 35.3. The maximum absolute atomic E-state index is 14.0. The third-order valence-corrected chi connectivity index (χ3v) is 13.2. The van der Waals surface area contributed by atoms with E-state index in [9.17, 15) is 43.0 Å². The van der Waals surface area contributed by atoms with E-state index in [0.29, 0.717) is 24.2 Å². The van der Waals surface area contributed by atoms with Gasteiger partial charge < -0.3 is 43.7 Å². The van der Waals surface area contributed by atoms with Crippen LogP contribution in [0.3, 0.4) is 0 Å². The van der Waals surface area contributed by atoms with Crippen molar-refractivity contribution in [3.05, 3.63) is 95.3 Å². The summed E-state index contributed by atoms with van der Waals surface area (Å²) in [6, 6.07) is 20.0. The van der Waals surface area contributed by atoms with E-state index < -0.39 is 51.8 Å². The van der Waals surface area contributed by atoms with Crippen LogP contribution in [0.1, 0.15) is 86.0 Å². The van der Waals surface area contributed by atoms with Gasteiger partial charge in [-0.05, 0) is 72.6 Å². The number of carbonyl (C=O) groups excluding carboxylic acids is 4. The zero-order valence-corrected chi connectivity index (χ0v) is 33.5. The number of anilines is 1. The van der Waals surface area contributed by atoms with Gasteiger partial charge in [-0.1, -0.05) is 56.3 Å². The number of benzene rings is 2. The van der Waals surface area contributed by atoms with Gasteiger partial charge in [-0.15, -0.1) is 0 Å². The predicted molar refractivity (Wildman–Crippen MR) is 207 cm³/mol. The molecule has 18 heteroatoms. The molecule has 4 N–H and O–H groups in total. The first-order valence-corrected chi connectivity index (χ1v) is 21.8. The van der Waals surface area contributed by atoms with Crippen molar-refractivity contribution in [2.24, 2.45) is 11.8 Å². The SMILES string of the molecule is CC(C)C[C@@H](NC(=O)[C@H](CC(=O)c1ccccn1)Cc1ccccc1)B1OCc2ccc(N(C)C(=O)CCCCC(=O)CC(P(=O)([O-])O)P(=O)(O)O)cc2CO1. The molecular formula is C38H49BN3O12P2-. The standard InChI is InChI=1S/C38H50BN3O12P2/c1-26(2)19-35(41-38(46)29(20-27-11-5-4-6-12-27)22-34(44)33-14-9-10-18-40-33)39-53-24-28-16-17-31(21-30(28)25-54-39)42(3)36(45)15-8-7-13-32(43)23-37(55(47,48)49)56(50,51)52/h4-6,9-12,14,16-18,21,26,29,35,37H,7-8,13,15,19-20,22-25H2,1-3H3,(H,41,46)(H2,47,48,49)(H2,50,51,52)/p-1/t29-,35+/m0/s1. The van der Waals surface area contributed by atoms with Gasteiger partial charge in [-0.2, -0.15) is 0 Å². The van der Waals surface area contributed by atoms with E-state index in [-0.39, 0.29) is 68.8 Å². The van der Waals surface area contributed by atoms with Gasteiger partial charge in [0.1, 0.15) is 24.5 Å². The van der Waals surface area contributed by atoms with E-state index in [2.05, 4.69) is 10.3 Å². The van der Waals surface area contributed by atoms with Crippen molar-refractivity contribution < 1.29 is 57.2 Å². The average Bonchev–Trinajstić information content (AvgIpc) is 3.36. The van der Waals surface area contributed by atoms with Crippen molar-refractivity contribution >= 4 is 51.4 Å². The Balaban J connectivity index is 1.36. The first-order chi connectivity index (χ1) is 26.4. The molecule has 0 bridgehead atoms. The summed E-state index contributed by atoms with van der Waals surface area (Å²) in [5.74, 6) is -2.60. The lowest BCUT2D eigenvalue weighted by molar-refractivity contribution is -0.194. The summed E-state index contributed by atoms with van der Waals surface area (Å²) in [6.07, 6.45) is 1.61. The molecule has 56 heavy (non-hydrogen) atoms. The van der Waals surface area contributed by atoms with E-state index in [0.717, 1.165) is 16.7 Å². The number of ketones is 2. The number of fused-ring (bicyclic) bond motifs is 1. The Labute approximate surface area is 327 Å². The molecule has 15 nitrogen and oxygen atoms in total. The second-order valence-electron chi connectivity index (χ2n) is 14.5. The minimum absolute atomic E-state index is 0.0335. The largest absolute Gasteiger partial charge is 0.778 e. The van der Waals surface area contributed by atoms with Gasteiger partial charge in [-0.3, -0.25) is 28.7 Å². The molecule has 0 radical (unpaired) electrons. The lowest BCUT2D eigenvalue weighted by atomic mass is 9.73. The molecule has 0 saturated heterocycles. The molecule has 4 rings (SSSR count). The number of hydrogen-bond donors (Lipinski definition) is 4. The van der Waals surface area contributed by atoms with Crippen molar-refractivity contribution in [1.29, 1.82) is 0 Å². The molecule has 0 aliphatic carbocycles. The number of nitrogens with one attached hydrogen (secondary N) is 1. The van der Waals surface area contributed by atoms with Gasteiger partial charge in [0.2, 0.25) is 11.8 Å². The van der Waals surface area contributed by atoms with Crippen molar-refractivity contribution in [2.75, 3.05) is 11.9 Å². The number of rotatable bonds is 20. The predicted octanol–water partition coefficient (Wildman–Crippen LogP) is 4.35. The lowest BCUT2D eigenvalue weighted by Gasteiger charge is -2.27. The molecule has 2 aromatic carbocycles. The fraction of sp³-hybridized carbons (Fsp3) is 0.447. The van der Waals surface area contributed by atoms with Crippen LogP contribution in [0, 0.1) is 11.8 Å². The van der Waals surface area contributed by atoms with Crippen molar-refractivity contribution in [3.8, 4) is 0 Å². The summed E-state index contributed by atoms with van der Waals surface area (Å²) in [5, 5.41) is 0.645. The number of pyridine rings is 1. The highest BCUT2D eigenvalue weighted by Crippen LogP contribution is 2.59. The minimum Gasteiger partial charge on any atom is -0.778 e. The van der Waals surface area contributed by atoms with E-state index in [1.807, 2.05) is 56.3 Å². The molecule has 0 saturated carbocycles. The van der Waals surface area contributed by atoms with Gasteiger partial charge in [0, 0.05) is 50.5 Å². The van der Waals surface area contributed by atoms with Crippen LogP contribution in [0.15, 0.2) is 72.9 Å². The molecule has 2 unspecified atom stereocenters. The van der Waals surface area contributed by atoms with Crippen LogP contribution in [0.25, 0.3) is 0 Å². The Kier molecular flexibility index (Phi) is 16.5. The summed E-state index contributed by atoms with van der Waals surface area (Å²) >= 11 is 0. The Morgan fingerprint density at radius 2 is 1.57 bits per heavy atom. The van der Waals surface area contributed by atoms with Gasteiger partial charge in [0.25, 0.3) is 0 Å². The fourth-order valence-electron chi connectivity index (χ4n) is 6.42. The Morgan fingerprint density at radius 3 is 2.20 bits per heavy atom. The van der Waals surface area contributed by atoms with Crippen molar-refractivity contribution in [3.63, 3.8) is 0 Å². The maximum Gasteiger partial charge on any atom is 0.481 e. The van der Waals surface area contributed by atoms with Crippen LogP contribution in [-0.4, -0.2) is 68.6 Å². The second kappa shape index (κ2) is 20.5. The third kappa shape index (κ3) is 13.7. The number of unbranched alkanes of at least 4 members (excludes halogenated alkanes) is 1. The number of amides is 2. The number of aromatic nitrogens is 1. The van der Waals surface area contributed by atoms with Crippen LogP contribution >= 0.6 is 15.2 Å². The second-order valence-corrected chi connectivity index (χ2v) is 18.4. The summed E-state index contributed by atoms with van der Waals surface area (Å²) in [6.45, 7) is 4.37. The van der Waals surface area contributed by atoms with Crippen LogP contribution in [0.2, 0.25) is 0 Å². The Hall–Kier alpha value is -3.85. The highest BCUT2D eigenvalue weighted by Gasteiger charge is 2.39. The molecule has 2 amide bonds. The van der Waals surface area contributed by atoms with Crippen molar-refractivity contribution in [2.45, 2.75) is 89.8 Å². The fourth-order valence-corrected chi connectivity index (χ4v) is 8.82. The quantitative estimate of drug-likeness (QED) is 0.0539. The molecule has 3 aromatic rings. The van der Waals surface area contributed by atoms with Gasteiger partial charge >= 0.3 is 14.7 Å². The third-order valence-electron chi connectivity index (χ3n) is 9.49. The molecule has 4 atom stereocenters. The number of carbonyl (C=O) groups is 4. The van der Waals surface area contributed by atoms with Gasteiger partial charge in [-0.25, -0.2) is 0 Å². The molecule has 1 aromatic heterocycles. The first-order valence-electron chi connectivity index (χ1n) is 18.4. The van der Waals surface area contributed by atoms with E-state index in [1.54, 1.807) is 37.5 Å². The number of hydrogen-bond acceptors (Lipinski definition) is 10. The van der Waals surface area contributed by atoms with Crippen LogP contribution in [0.5, 0.6) is 0 Å². The number of nitrogens with zero attached hydrogens (tertiary/aromatic N) is 2. The Morgan fingerprint density at radius 1 is 0.911 bits per heavy atom. The molecule has 1 aliphatic heterocycles. The zero-order valence-electron chi connectivity index (χ0n) is 31.7. The van der Waals surface area contributed by atoms with Gasteiger partial charge in [0.05, 0.1) is 19.2 Å².